The van der Waals surface area contributed by atoms with Crippen LogP contribution in [0.3, 0.4) is 0 Å². The topological polar surface area (TPSA) is 33.3 Å². The zero-order chi connectivity index (χ0) is 19.5. The van der Waals surface area contributed by atoms with Gasteiger partial charge in [-0.2, -0.15) is 13.2 Å². The molecule has 0 bridgehead atoms. The SMILES string of the molecule is COc1ccc(NC(=S)NC2(c3cccc(C(F)(F)F)c3)CCCC2)cc1. The molecule has 1 saturated carbocycles. The Morgan fingerprint density at radius 3 is 2.33 bits per heavy atom. The average Bonchev–Trinajstić information content (AvgIpc) is 3.11. The van der Waals surface area contributed by atoms with E-state index in [2.05, 4.69) is 10.6 Å². The lowest BCUT2D eigenvalue weighted by Gasteiger charge is -2.33. The first-order valence-electron chi connectivity index (χ1n) is 8.73. The van der Waals surface area contributed by atoms with Gasteiger partial charge in [0.05, 0.1) is 18.2 Å². The van der Waals surface area contributed by atoms with Crippen LogP contribution in [-0.4, -0.2) is 12.2 Å². The van der Waals surface area contributed by atoms with Crippen molar-refractivity contribution in [2.45, 2.75) is 37.4 Å². The van der Waals surface area contributed by atoms with E-state index in [0.717, 1.165) is 43.2 Å². The van der Waals surface area contributed by atoms with E-state index in [1.54, 1.807) is 13.2 Å². The molecular formula is C20H21F3N2OS. The van der Waals surface area contributed by atoms with Crippen LogP contribution in [0.1, 0.15) is 36.8 Å². The number of anilines is 1. The van der Waals surface area contributed by atoms with Gasteiger partial charge in [-0.3, -0.25) is 0 Å². The highest BCUT2D eigenvalue weighted by atomic mass is 32.1. The molecule has 1 aliphatic carbocycles. The van der Waals surface area contributed by atoms with Crippen molar-refractivity contribution in [3.63, 3.8) is 0 Å². The van der Waals surface area contributed by atoms with Gasteiger partial charge in [-0.05, 0) is 67.0 Å². The third kappa shape index (κ3) is 4.53. The van der Waals surface area contributed by atoms with Crippen molar-refractivity contribution in [1.29, 1.82) is 0 Å². The summed E-state index contributed by atoms with van der Waals surface area (Å²) in [6, 6.07) is 12.8. The molecule has 3 rings (SSSR count). The summed E-state index contributed by atoms with van der Waals surface area (Å²) in [4.78, 5) is 0. The zero-order valence-corrected chi connectivity index (χ0v) is 15.7. The molecule has 0 aromatic heterocycles. The lowest BCUT2D eigenvalue weighted by Crippen LogP contribution is -2.45. The first-order chi connectivity index (χ1) is 12.8. The van der Waals surface area contributed by atoms with E-state index in [4.69, 9.17) is 17.0 Å². The third-order valence-corrected chi connectivity index (χ3v) is 5.10. The number of ether oxygens (including phenoxy) is 1. The van der Waals surface area contributed by atoms with Crippen molar-refractivity contribution >= 4 is 23.0 Å². The van der Waals surface area contributed by atoms with Gasteiger partial charge in [-0.15, -0.1) is 0 Å². The number of thiocarbonyl (C=S) groups is 1. The quantitative estimate of drug-likeness (QED) is 0.674. The molecule has 0 saturated heterocycles. The lowest BCUT2D eigenvalue weighted by atomic mass is 9.87. The predicted octanol–water partition coefficient (Wildman–Crippen LogP) is 5.47. The summed E-state index contributed by atoms with van der Waals surface area (Å²) in [6.07, 6.45) is -1.02. The van der Waals surface area contributed by atoms with Crippen molar-refractivity contribution in [3.8, 4) is 5.75 Å². The minimum atomic E-state index is -4.36. The van der Waals surface area contributed by atoms with E-state index in [9.17, 15) is 13.2 Å². The molecule has 0 spiro atoms. The molecule has 1 aliphatic rings. The maximum absolute atomic E-state index is 13.1. The molecule has 3 nitrogen and oxygen atoms in total. The van der Waals surface area contributed by atoms with Crippen molar-refractivity contribution in [2.75, 3.05) is 12.4 Å². The first kappa shape index (κ1) is 19.5. The summed E-state index contributed by atoms with van der Waals surface area (Å²) in [6.45, 7) is 0. The fourth-order valence-corrected chi connectivity index (χ4v) is 3.82. The number of methoxy groups -OCH3 is 1. The number of hydrogen-bond acceptors (Lipinski definition) is 2. The molecule has 2 aromatic rings. The lowest BCUT2D eigenvalue weighted by molar-refractivity contribution is -0.137. The van der Waals surface area contributed by atoms with Crippen LogP contribution in [0.5, 0.6) is 5.75 Å². The van der Waals surface area contributed by atoms with Gasteiger partial charge in [-0.25, -0.2) is 0 Å². The highest BCUT2D eigenvalue weighted by molar-refractivity contribution is 7.80. The number of rotatable bonds is 4. The Bertz CT molecular complexity index is 800. The second-order valence-electron chi connectivity index (χ2n) is 6.68. The smallest absolute Gasteiger partial charge is 0.416 e. The Morgan fingerprint density at radius 2 is 1.74 bits per heavy atom. The van der Waals surface area contributed by atoms with Gasteiger partial charge in [0.25, 0.3) is 0 Å². The van der Waals surface area contributed by atoms with Gasteiger partial charge in [0.2, 0.25) is 0 Å². The minimum absolute atomic E-state index is 0.388. The standard InChI is InChI=1S/C20H21F3N2OS/c1-26-17-9-7-16(8-10-17)24-18(27)25-19(11-2-3-12-19)14-5-4-6-15(13-14)20(21,22)23/h4-10,13H,2-3,11-12H2,1H3,(H2,24,25,27). The van der Waals surface area contributed by atoms with Crippen LogP contribution in [0.2, 0.25) is 0 Å². The fourth-order valence-electron chi connectivity index (χ4n) is 3.51. The van der Waals surface area contributed by atoms with Crippen LogP contribution in [-0.2, 0) is 11.7 Å². The molecular weight excluding hydrogens is 373 g/mol. The van der Waals surface area contributed by atoms with E-state index in [1.807, 2.05) is 24.3 Å². The summed E-state index contributed by atoms with van der Waals surface area (Å²) in [7, 11) is 1.59. The molecule has 0 unspecified atom stereocenters. The largest absolute Gasteiger partial charge is 0.497 e. The van der Waals surface area contributed by atoms with Crippen LogP contribution in [0.4, 0.5) is 18.9 Å². The first-order valence-corrected chi connectivity index (χ1v) is 9.14. The Labute approximate surface area is 161 Å². The summed E-state index contributed by atoms with van der Waals surface area (Å²) >= 11 is 5.44. The minimum Gasteiger partial charge on any atom is -0.497 e. The van der Waals surface area contributed by atoms with E-state index >= 15 is 0 Å². The van der Waals surface area contributed by atoms with Crippen molar-refractivity contribution in [2.24, 2.45) is 0 Å². The monoisotopic (exact) mass is 394 g/mol. The van der Waals surface area contributed by atoms with Gasteiger partial charge < -0.3 is 15.4 Å². The van der Waals surface area contributed by atoms with Crippen molar-refractivity contribution in [1.82, 2.24) is 5.32 Å². The van der Waals surface area contributed by atoms with Gasteiger partial charge >= 0.3 is 6.18 Å². The van der Waals surface area contributed by atoms with Crippen LogP contribution in [0.25, 0.3) is 0 Å². The van der Waals surface area contributed by atoms with Gasteiger partial charge in [0.1, 0.15) is 5.75 Å². The molecule has 144 valence electrons. The Hall–Kier alpha value is -2.28. The highest BCUT2D eigenvalue weighted by Gasteiger charge is 2.38. The Balaban J connectivity index is 1.79. The molecule has 1 fully saturated rings. The van der Waals surface area contributed by atoms with Gasteiger partial charge in [0.15, 0.2) is 5.11 Å². The number of benzene rings is 2. The molecule has 0 atom stereocenters. The maximum Gasteiger partial charge on any atom is 0.416 e. The molecule has 0 aliphatic heterocycles. The molecule has 7 heteroatoms. The van der Waals surface area contributed by atoms with Gasteiger partial charge in [0, 0.05) is 5.69 Å². The summed E-state index contributed by atoms with van der Waals surface area (Å²) in [5.74, 6) is 0.732. The van der Waals surface area contributed by atoms with E-state index in [-0.39, 0.29) is 0 Å². The highest BCUT2D eigenvalue weighted by Crippen LogP contribution is 2.41. The number of alkyl halides is 3. The normalized spacial score (nSPS) is 16.0. The average molecular weight is 394 g/mol. The predicted molar refractivity (Wildman–Crippen MR) is 104 cm³/mol. The second-order valence-corrected chi connectivity index (χ2v) is 7.08. The molecule has 0 radical (unpaired) electrons. The number of halogens is 3. The summed E-state index contributed by atoms with van der Waals surface area (Å²) < 4.78 is 44.5. The molecule has 0 amide bonds. The third-order valence-electron chi connectivity index (χ3n) is 4.90. The van der Waals surface area contributed by atoms with E-state index in [0.29, 0.717) is 10.7 Å². The summed E-state index contributed by atoms with van der Waals surface area (Å²) in [5.41, 5.74) is 0.180. The van der Waals surface area contributed by atoms with Crippen LogP contribution in [0, 0.1) is 0 Å². The molecule has 2 N–H and O–H groups in total. The van der Waals surface area contributed by atoms with Gasteiger partial charge in [-0.1, -0.05) is 25.0 Å². The van der Waals surface area contributed by atoms with Crippen LogP contribution in [0.15, 0.2) is 48.5 Å². The van der Waals surface area contributed by atoms with E-state index in [1.165, 1.54) is 12.1 Å². The van der Waals surface area contributed by atoms with Crippen LogP contribution < -0.4 is 15.4 Å². The summed E-state index contributed by atoms with van der Waals surface area (Å²) in [5, 5.41) is 6.78. The Morgan fingerprint density at radius 1 is 1.07 bits per heavy atom. The second kappa shape index (κ2) is 7.76. The zero-order valence-electron chi connectivity index (χ0n) is 14.9. The maximum atomic E-state index is 13.1. The van der Waals surface area contributed by atoms with E-state index < -0.39 is 17.3 Å². The number of hydrogen-bond donors (Lipinski definition) is 2. The number of nitrogens with one attached hydrogen (secondary N) is 2. The molecule has 0 heterocycles. The molecule has 2 aromatic carbocycles. The van der Waals surface area contributed by atoms with Crippen molar-refractivity contribution < 1.29 is 17.9 Å². The Kier molecular flexibility index (Phi) is 5.60. The molecule has 27 heavy (non-hydrogen) atoms. The van der Waals surface area contributed by atoms with Crippen LogP contribution >= 0.6 is 12.2 Å². The van der Waals surface area contributed by atoms with Crippen molar-refractivity contribution in [3.05, 3.63) is 59.7 Å². The fraction of sp³-hybridized carbons (Fsp3) is 0.350.